The Labute approximate surface area is 115 Å². The van der Waals surface area contributed by atoms with Crippen LogP contribution < -0.4 is 11.1 Å². The third-order valence-corrected chi connectivity index (χ3v) is 3.87. The molecule has 1 unspecified atom stereocenters. The second kappa shape index (κ2) is 5.21. The van der Waals surface area contributed by atoms with Crippen LogP contribution in [0.25, 0.3) is 0 Å². The van der Waals surface area contributed by atoms with E-state index in [1.807, 2.05) is 36.1 Å². The summed E-state index contributed by atoms with van der Waals surface area (Å²) in [7, 11) is 0. The molecule has 1 atom stereocenters. The van der Waals surface area contributed by atoms with Gasteiger partial charge in [0.1, 0.15) is 0 Å². The Morgan fingerprint density at radius 3 is 2.84 bits per heavy atom. The number of urea groups is 1. The van der Waals surface area contributed by atoms with Gasteiger partial charge in [-0.2, -0.15) is 0 Å². The largest absolute Gasteiger partial charge is 0.327 e. The summed E-state index contributed by atoms with van der Waals surface area (Å²) in [4.78, 5) is 14.1. The Balaban J connectivity index is 2.01. The third kappa shape index (κ3) is 3.26. The van der Waals surface area contributed by atoms with Gasteiger partial charge in [0, 0.05) is 24.8 Å². The zero-order valence-corrected chi connectivity index (χ0v) is 11.9. The lowest BCUT2D eigenvalue weighted by Gasteiger charge is -2.42. The molecule has 2 rings (SSSR count). The molecule has 1 fully saturated rings. The smallest absolute Gasteiger partial charge is 0.321 e. The highest BCUT2D eigenvalue weighted by Gasteiger charge is 2.35. The van der Waals surface area contributed by atoms with Crippen LogP contribution in [0.3, 0.4) is 0 Å². The average Bonchev–Trinajstić information content (AvgIpc) is 2.32. The van der Waals surface area contributed by atoms with Gasteiger partial charge in [-0.05, 0) is 36.5 Å². The second-order valence-corrected chi connectivity index (χ2v) is 6.10. The van der Waals surface area contributed by atoms with Crippen LogP contribution in [-0.2, 0) is 0 Å². The first kappa shape index (κ1) is 13.9. The van der Waals surface area contributed by atoms with Gasteiger partial charge in [-0.15, -0.1) is 0 Å². The summed E-state index contributed by atoms with van der Waals surface area (Å²) in [5, 5.41) is 2.95. The van der Waals surface area contributed by atoms with E-state index in [-0.39, 0.29) is 17.5 Å². The van der Waals surface area contributed by atoms with E-state index >= 15 is 0 Å². The zero-order chi connectivity index (χ0) is 14.0. The summed E-state index contributed by atoms with van der Waals surface area (Å²) in [5.74, 6) is 0. The number of rotatable bonds is 1. The number of likely N-dealkylation sites (tertiary alicyclic amines) is 1. The predicted octanol–water partition coefficient (Wildman–Crippen LogP) is 2.59. The van der Waals surface area contributed by atoms with Crippen LogP contribution in [0, 0.1) is 12.3 Å². The van der Waals surface area contributed by atoms with Crippen molar-refractivity contribution >= 4 is 11.7 Å². The minimum Gasteiger partial charge on any atom is -0.327 e. The molecule has 4 heteroatoms. The highest BCUT2D eigenvalue weighted by atomic mass is 16.2. The number of hydrogen-bond acceptors (Lipinski definition) is 2. The van der Waals surface area contributed by atoms with Gasteiger partial charge in [0.2, 0.25) is 0 Å². The fraction of sp³-hybridized carbons (Fsp3) is 0.533. The molecular weight excluding hydrogens is 238 g/mol. The minimum atomic E-state index is -0.0365. The van der Waals surface area contributed by atoms with E-state index < -0.39 is 0 Å². The predicted molar refractivity (Wildman–Crippen MR) is 78.1 cm³/mol. The third-order valence-electron chi connectivity index (χ3n) is 3.87. The lowest BCUT2D eigenvalue weighted by atomic mass is 9.80. The van der Waals surface area contributed by atoms with E-state index in [0.29, 0.717) is 6.54 Å². The van der Waals surface area contributed by atoms with Crippen molar-refractivity contribution in [3.05, 3.63) is 29.8 Å². The van der Waals surface area contributed by atoms with Gasteiger partial charge in [-0.25, -0.2) is 4.79 Å². The van der Waals surface area contributed by atoms with Crippen molar-refractivity contribution in [3.8, 4) is 0 Å². The highest BCUT2D eigenvalue weighted by molar-refractivity contribution is 5.89. The van der Waals surface area contributed by atoms with Crippen LogP contribution in [-0.4, -0.2) is 30.1 Å². The minimum absolute atomic E-state index is 0.0256. The van der Waals surface area contributed by atoms with Crippen molar-refractivity contribution in [2.45, 2.75) is 33.2 Å². The number of benzene rings is 1. The maximum Gasteiger partial charge on any atom is 0.321 e. The molecule has 1 saturated heterocycles. The number of nitrogens with zero attached hydrogens (tertiary/aromatic N) is 1. The van der Waals surface area contributed by atoms with Crippen molar-refractivity contribution in [2.24, 2.45) is 11.1 Å². The number of amides is 2. The molecule has 104 valence electrons. The molecule has 0 aromatic heterocycles. The fourth-order valence-corrected chi connectivity index (χ4v) is 2.47. The maximum absolute atomic E-state index is 12.2. The molecule has 1 aliphatic heterocycles. The molecule has 3 N–H and O–H groups in total. The Morgan fingerprint density at radius 1 is 1.47 bits per heavy atom. The number of aryl methyl sites for hydroxylation is 1. The van der Waals surface area contributed by atoms with E-state index in [0.717, 1.165) is 24.2 Å². The van der Waals surface area contributed by atoms with Crippen LogP contribution in [0.2, 0.25) is 0 Å². The number of nitrogens with two attached hydrogens (primary N) is 1. The molecule has 0 radical (unpaired) electrons. The molecule has 0 saturated carbocycles. The zero-order valence-electron chi connectivity index (χ0n) is 11.9. The molecule has 1 aliphatic rings. The molecule has 1 aromatic carbocycles. The standard InChI is InChI=1S/C15H23N3O/c1-11-5-4-6-12(9-11)17-14(19)18-8-7-13(16)15(2,3)10-18/h4-6,9,13H,7-8,10,16H2,1-3H3,(H,17,19). The highest BCUT2D eigenvalue weighted by Crippen LogP contribution is 2.28. The van der Waals surface area contributed by atoms with Gasteiger partial charge >= 0.3 is 6.03 Å². The lowest BCUT2D eigenvalue weighted by Crippen LogP contribution is -2.54. The summed E-state index contributed by atoms with van der Waals surface area (Å²) in [6, 6.07) is 7.96. The normalized spacial score (nSPS) is 22.1. The molecule has 0 aliphatic carbocycles. The van der Waals surface area contributed by atoms with E-state index in [9.17, 15) is 4.79 Å². The number of carbonyl (C=O) groups is 1. The van der Waals surface area contributed by atoms with Gasteiger partial charge in [-0.3, -0.25) is 0 Å². The Bertz CT molecular complexity index is 470. The van der Waals surface area contributed by atoms with Gasteiger partial charge in [0.05, 0.1) is 0 Å². The Kier molecular flexibility index (Phi) is 3.80. The van der Waals surface area contributed by atoms with Crippen LogP contribution in [0.4, 0.5) is 10.5 Å². The molecule has 4 nitrogen and oxygen atoms in total. The molecular formula is C15H23N3O. The Morgan fingerprint density at radius 2 is 2.21 bits per heavy atom. The number of carbonyl (C=O) groups excluding carboxylic acids is 1. The topological polar surface area (TPSA) is 58.4 Å². The number of hydrogen-bond donors (Lipinski definition) is 2. The summed E-state index contributed by atoms with van der Waals surface area (Å²) < 4.78 is 0. The van der Waals surface area contributed by atoms with Crippen LogP contribution in [0.5, 0.6) is 0 Å². The van der Waals surface area contributed by atoms with Gasteiger partial charge in [-0.1, -0.05) is 26.0 Å². The van der Waals surface area contributed by atoms with Crippen molar-refractivity contribution in [1.29, 1.82) is 0 Å². The number of nitrogens with one attached hydrogen (secondary N) is 1. The van der Waals surface area contributed by atoms with Crippen molar-refractivity contribution in [2.75, 3.05) is 18.4 Å². The van der Waals surface area contributed by atoms with Crippen LogP contribution >= 0.6 is 0 Å². The Hall–Kier alpha value is -1.55. The lowest BCUT2D eigenvalue weighted by molar-refractivity contribution is 0.118. The summed E-state index contributed by atoms with van der Waals surface area (Å²) >= 11 is 0. The first-order chi connectivity index (χ1) is 8.88. The molecule has 0 bridgehead atoms. The summed E-state index contributed by atoms with van der Waals surface area (Å²) in [6.07, 6.45) is 0.855. The number of anilines is 1. The molecule has 1 aromatic rings. The SMILES string of the molecule is Cc1cccc(NC(=O)N2CCC(N)C(C)(C)C2)c1. The van der Waals surface area contributed by atoms with Gasteiger partial charge < -0.3 is 16.0 Å². The van der Waals surface area contributed by atoms with E-state index in [1.54, 1.807) is 0 Å². The molecule has 1 heterocycles. The van der Waals surface area contributed by atoms with Gasteiger partial charge in [0.15, 0.2) is 0 Å². The van der Waals surface area contributed by atoms with E-state index in [2.05, 4.69) is 19.2 Å². The van der Waals surface area contributed by atoms with Crippen LogP contribution in [0.15, 0.2) is 24.3 Å². The monoisotopic (exact) mass is 261 g/mol. The van der Waals surface area contributed by atoms with Crippen molar-refractivity contribution in [1.82, 2.24) is 4.90 Å². The van der Waals surface area contributed by atoms with Crippen molar-refractivity contribution in [3.63, 3.8) is 0 Å². The van der Waals surface area contributed by atoms with Gasteiger partial charge in [0.25, 0.3) is 0 Å². The maximum atomic E-state index is 12.2. The average molecular weight is 261 g/mol. The second-order valence-electron chi connectivity index (χ2n) is 6.10. The summed E-state index contributed by atoms with van der Waals surface area (Å²) in [5.41, 5.74) is 8.05. The number of piperidine rings is 1. The quantitative estimate of drug-likeness (QED) is 0.816. The fourth-order valence-electron chi connectivity index (χ4n) is 2.47. The molecule has 2 amide bonds. The van der Waals surface area contributed by atoms with E-state index in [4.69, 9.17) is 5.73 Å². The first-order valence-corrected chi connectivity index (χ1v) is 6.77. The summed E-state index contributed by atoms with van der Waals surface area (Å²) in [6.45, 7) is 7.67. The van der Waals surface area contributed by atoms with Crippen LogP contribution in [0.1, 0.15) is 25.8 Å². The van der Waals surface area contributed by atoms with E-state index in [1.165, 1.54) is 0 Å². The first-order valence-electron chi connectivity index (χ1n) is 6.77. The van der Waals surface area contributed by atoms with Crippen molar-refractivity contribution < 1.29 is 4.79 Å². The molecule has 19 heavy (non-hydrogen) atoms. The molecule has 0 spiro atoms.